The van der Waals surface area contributed by atoms with Gasteiger partial charge in [0, 0.05) is 18.8 Å². The molecule has 2 fully saturated rings. The van der Waals surface area contributed by atoms with Gasteiger partial charge in [-0.15, -0.1) is 0 Å². The Labute approximate surface area is 219 Å². The number of fused-ring (bicyclic) bond motifs is 2. The average molecular weight is 545 g/mol. The number of pyridine rings is 1. The molecule has 5 rings (SSSR count). The van der Waals surface area contributed by atoms with Crippen LogP contribution in [0, 0.1) is 5.92 Å². The van der Waals surface area contributed by atoms with Crippen molar-refractivity contribution < 1.29 is 37.0 Å². The predicted molar refractivity (Wildman–Crippen MR) is 132 cm³/mol. The Morgan fingerprint density at radius 3 is 2.71 bits per heavy atom. The molecule has 2 amide bonds. The first-order valence-corrected chi connectivity index (χ1v) is 13.7. The molecule has 1 N–H and O–H groups in total. The summed E-state index contributed by atoms with van der Waals surface area (Å²) in [4.78, 5) is 44.7. The number of benzene rings is 1. The van der Waals surface area contributed by atoms with Crippen molar-refractivity contribution in [2.24, 2.45) is 5.92 Å². The van der Waals surface area contributed by atoms with Crippen LogP contribution in [0.4, 0.5) is 4.79 Å². The van der Waals surface area contributed by atoms with Crippen LogP contribution in [-0.2, 0) is 19.6 Å². The molecule has 3 atom stereocenters. The molecule has 3 aliphatic heterocycles. The quantitative estimate of drug-likeness (QED) is 0.549. The van der Waals surface area contributed by atoms with E-state index in [0.29, 0.717) is 24.3 Å². The normalized spacial score (nSPS) is 21.4. The third-order valence-electron chi connectivity index (χ3n) is 6.72. The van der Waals surface area contributed by atoms with E-state index in [0.717, 1.165) is 4.31 Å². The molecule has 0 bridgehead atoms. The van der Waals surface area contributed by atoms with Crippen molar-refractivity contribution >= 4 is 27.8 Å². The SMILES string of the molecule is CC(C)CC(NC(=O)Oc1ccc2c(c1)OCO2)C(=O)N1CCC2C1C(=O)CN2S(=O)(=O)c1ccccn1. The summed E-state index contributed by atoms with van der Waals surface area (Å²) < 4.78 is 43.4. The van der Waals surface area contributed by atoms with Crippen molar-refractivity contribution in [2.45, 2.75) is 49.8 Å². The van der Waals surface area contributed by atoms with Gasteiger partial charge in [-0.2, -0.15) is 4.31 Å². The Morgan fingerprint density at radius 1 is 1.18 bits per heavy atom. The van der Waals surface area contributed by atoms with Crippen LogP contribution in [0.2, 0.25) is 0 Å². The van der Waals surface area contributed by atoms with Gasteiger partial charge in [-0.25, -0.2) is 18.2 Å². The number of likely N-dealkylation sites (tertiary alicyclic amines) is 1. The Bertz CT molecular complexity index is 1350. The summed E-state index contributed by atoms with van der Waals surface area (Å²) in [7, 11) is -4.02. The molecule has 3 aliphatic rings. The number of ketones is 1. The molecular formula is C25H28N4O8S. The van der Waals surface area contributed by atoms with Crippen LogP contribution in [0.3, 0.4) is 0 Å². The van der Waals surface area contributed by atoms with Crippen LogP contribution in [0.1, 0.15) is 26.7 Å². The van der Waals surface area contributed by atoms with E-state index in [2.05, 4.69) is 10.3 Å². The topological polar surface area (TPSA) is 144 Å². The lowest BCUT2D eigenvalue weighted by Gasteiger charge is -2.28. The Hall–Kier alpha value is -3.71. The van der Waals surface area contributed by atoms with E-state index < -0.39 is 40.1 Å². The predicted octanol–water partition coefficient (Wildman–Crippen LogP) is 1.56. The maximum atomic E-state index is 13.6. The Kier molecular flexibility index (Phi) is 6.97. The van der Waals surface area contributed by atoms with Gasteiger partial charge < -0.3 is 24.4 Å². The first-order chi connectivity index (χ1) is 18.1. The maximum Gasteiger partial charge on any atom is 0.413 e. The van der Waals surface area contributed by atoms with Crippen molar-refractivity contribution in [3.8, 4) is 17.2 Å². The lowest BCUT2D eigenvalue weighted by atomic mass is 10.0. The summed E-state index contributed by atoms with van der Waals surface area (Å²) in [6.07, 6.45) is 1.13. The number of nitrogens with zero attached hydrogens (tertiary/aromatic N) is 3. The number of sulfonamides is 1. The fourth-order valence-corrected chi connectivity index (χ4v) is 6.63. The van der Waals surface area contributed by atoms with Gasteiger partial charge in [0.25, 0.3) is 10.0 Å². The fourth-order valence-electron chi connectivity index (χ4n) is 5.07. The van der Waals surface area contributed by atoms with E-state index in [1.807, 2.05) is 13.8 Å². The van der Waals surface area contributed by atoms with Gasteiger partial charge in [-0.05, 0) is 43.0 Å². The Morgan fingerprint density at radius 2 is 1.97 bits per heavy atom. The summed E-state index contributed by atoms with van der Waals surface area (Å²) >= 11 is 0. The molecule has 0 aliphatic carbocycles. The molecule has 0 saturated carbocycles. The molecule has 4 heterocycles. The number of hydrogen-bond acceptors (Lipinski definition) is 9. The number of hydrogen-bond donors (Lipinski definition) is 1. The van der Waals surface area contributed by atoms with Gasteiger partial charge >= 0.3 is 6.09 Å². The first kappa shape index (κ1) is 25.9. The molecule has 0 spiro atoms. The van der Waals surface area contributed by atoms with Crippen molar-refractivity contribution in [1.29, 1.82) is 0 Å². The third-order valence-corrected chi connectivity index (χ3v) is 8.51. The fraction of sp³-hybridized carbons (Fsp3) is 0.440. The van der Waals surface area contributed by atoms with E-state index in [1.54, 1.807) is 24.3 Å². The minimum absolute atomic E-state index is 0.0357. The summed E-state index contributed by atoms with van der Waals surface area (Å²) in [5.74, 6) is 0.400. The van der Waals surface area contributed by atoms with E-state index in [1.165, 1.54) is 23.2 Å². The van der Waals surface area contributed by atoms with E-state index in [-0.39, 0.29) is 42.4 Å². The van der Waals surface area contributed by atoms with Crippen molar-refractivity contribution in [3.63, 3.8) is 0 Å². The highest BCUT2D eigenvalue weighted by Gasteiger charge is 2.54. The van der Waals surface area contributed by atoms with Gasteiger partial charge in [0.15, 0.2) is 22.3 Å². The highest BCUT2D eigenvalue weighted by Crippen LogP contribution is 2.36. The van der Waals surface area contributed by atoms with Crippen LogP contribution >= 0.6 is 0 Å². The summed E-state index contributed by atoms with van der Waals surface area (Å²) in [5.41, 5.74) is 0. The van der Waals surface area contributed by atoms with Crippen LogP contribution in [0.15, 0.2) is 47.6 Å². The molecule has 1 aromatic heterocycles. The van der Waals surface area contributed by atoms with Crippen molar-refractivity contribution in [2.75, 3.05) is 19.9 Å². The van der Waals surface area contributed by atoms with Gasteiger partial charge in [0.1, 0.15) is 17.8 Å². The molecule has 12 nitrogen and oxygen atoms in total. The van der Waals surface area contributed by atoms with Crippen molar-refractivity contribution in [3.05, 3.63) is 42.6 Å². The third kappa shape index (κ3) is 4.90. The average Bonchev–Trinajstić information content (AvgIpc) is 3.60. The van der Waals surface area contributed by atoms with E-state index in [9.17, 15) is 22.8 Å². The number of Topliss-reactive ketones (excluding diaryl/α,β-unsaturated/α-hetero) is 1. The number of nitrogens with one attached hydrogen (secondary N) is 1. The smallest absolute Gasteiger partial charge is 0.413 e. The lowest BCUT2D eigenvalue weighted by molar-refractivity contribution is -0.138. The summed E-state index contributed by atoms with van der Waals surface area (Å²) in [6, 6.07) is 6.62. The molecule has 202 valence electrons. The highest BCUT2D eigenvalue weighted by molar-refractivity contribution is 7.89. The number of carbonyl (C=O) groups is 3. The molecular weight excluding hydrogens is 516 g/mol. The zero-order chi connectivity index (χ0) is 27.0. The number of amides is 2. The zero-order valence-corrected chi connectivity index (χ0v) is 21.7. The van der Waals surface area contributed by atoms with Gasteiger partial charge in [0.05, 0.1) is 12.6 Å². The van der Waals surface area contributed by atoms with Crippen molar-refractivity contribution in [1.82, 2.24) is 19.5 Å². The van der Waals surface area contributed by atoms with Gasteiger partial charge in [0.2, 0.25) is 12.7 Å². The molecule has 13 heteroatoms. The minimum atomic E-state index is -4.02. The van der Waals surface area contributed by atoms with Gasteiger partial charge in [-0.1, -0.05) is 19.9 Å². The van der Waals surface area contributed by atoms with Crippen LogP contribution in [0.5, 0.6) is 17.2 Å². The zero-order valence-electron chi connectivity index (χ0n) is 20.9. The highest BCUT2D eigenvalue weighted by atomic mass is 32.2. The molecule has 1 aromatic carbocycles. The largest absolute Gasteiger partial charge is 0.454 e. The summed E-state index contributed by atoms with van der Waals surface area (Å²) in [6.45, 7) is 3.72. The number of ether oxygens (including phenoxy) is 3. The molecule has 2 saturated heterocycles. The number of rotatable bonds is 7. The monoisotopic (exact) mass is 544 g/mol. The van der Waals surface area contributed by atoms with E-state index in [4.69, 9.17) is 14.2 Å². The second-order valence-corrected chi connectivity index (χ2v) is 11.6. The Balaban J connectivity index is 1.30. The molecule has 2 aromatic rings. The number of carbonyl (C=O) groups excluding carboxylic acids is 3. The molecule has 3 unspecified atom stereocenters. The summed E-state index contributed by atoms with van der Waals surface area (Å²) in [5, 5.41) is 2.48. The number of aromatic nitrogens is 1. The lowest BCUT2D eigenvalue weighted by Crippen LogP contribution is -2.53. The first-order valence-electron chi connectivity index (χ1n) is 12.3. The minimum Gasteiger partial charge on any atom is -0.454 e. The second-order valence-electron chi connectivity index (χ2n) is 9.75. The molecule has 0 radical (unpaired) electrons. The van der Waals surface area contributed by atoms with Crippen LogP contribution in [0.25, 0.3) is 0 Å². The maximum absolute atomic E-state index is 13.6. The van der Waals surface area contributed by atoms with Crippen LogP contribution < -0.4 is 19.5 Å². The standard InChI is InChI=1S/C25H28N4O8S/c1-15(2)11-17(27-25(32)37-16-6-7-20-21(12-16)36-14-35-20)24(31)28-10-8-18-23(28)19(30)13-29(18)38(33,34)22-5-3-4-9-26-22/h3-7,9,12,15,17-18,23H,8,10-11,13-14H2,1-2H3,(H,27,32). The van der Waals surface area contributed by atoms with E-state index >= 15 is 0 Å². The van der Waals surface area contributed by atoms with Gasteiger partial charge in [-0.3, -0.25) is 9.59 Å². The van der Waals surface area contributed by atoms with Crippen LogP contribution in [-0.4, -0.2) is 78.4 Å². The molecule has 38 heavy (non-hydrogen) atoms. The second kappa shape index (κ2) is 10.2.